The van der Waals surface area contributed by atoms with E-state index >= 15 is 0 Å². The molecule has 0 aliphatic carbocycles. The third-order valence-corrected chi connectivity index (χ3v) is 3.76. The maximum Gasteiger partial charge on any atom is 0.0787 e. The summed E-state index contributed by atoms with van der Waals surface area (Å²) in [4.78, 5) is 0. The normalized spacial score (nSPS) is 24.5. The smallest absolute Gasteiger partial charge is 0.0787 e. The Bertz CT molecular complexity index is 372. The molecule has 0 spiro atoms. The fourth-order valence-electron chi connectivity index (χ4n) is 2.67. The maximum absolute atomic E-state index is 9.00. The lowest BCUT2D eigenvalue weighted by Crippen LogP contribution is -2.20. The standard InChI is InChI=1S/C17H24O2/c18-13-6-10-16-9-4-5-14-19-17(16)12-11-15-7-2-1-3-8-15/h1-3,7-8,11-12,16-18H,4-6,9-10,13-14H2. The topological polar surface area (TPSA) is 29.5 Å². The quantitative estimate of drug-likeness (QED) is 0.875. The zero-order chi connectivity index (χ0) is 13.3. The van der Waals surface area contributed by atoms with Gasteiger partial charge in [-0.2, -0.15) is 0 Å². The zero-order valence-corrected chi connectivity index (χ0v) is 11.5. The molecule has 1 aliphatic heterocycles. The Hall–Kier alpha value is -1.12. The van der Waals surface area contributed by atoms with Crippen LogP contribution in [0.25, 0.3) is 6.08 Å². The molecule has 2 unspecified atom stereocenters. The lowest BCUT2D eigenvalue weighted by Gasteiger charge is -2.21. The van der Waals surface area contributed by atoms with Gasteiger partial charge in [0.1, 0.15) is 0 Å². The van der Waals surface area contributed by atoms with Gasteiger partial charge in [0.2, 0.25) is 0 Å². The molecular weight excluding hydrogens is 236 g/mol. The minimum Gasteiger partial charge on any atom is -0.396 e. The number of ether oxygens (including phenoxy) is 1. The van der Waals surface area contributed by atoms with Gasteiger partial charge in [-0.15, -0.1) is 0 Å². The predicted octanol–water partition coefficient (Wildman–Crippen LogP) is 3.66. The van der Waals surface area contributed by atoms with Crippen LogP contribution in [-0.2, 0) is 4.74 Å². The summed E-state index contributed by atoms with van der Waals surface area (Å²) in [6, 6.07) is 10.4. The van der Waals surface area contributed by atoms with Crippen LogP contribution in [0.15, 0.2) is 36.4 Å². The second-order valence-electron chi connectivity index (χ2n) is 5.23. The van der Waals surface area contributed by atoms with E-state index in [0.717, 1.165) is 25.9 Å². The first-order valence-corrected chi connectivity index (χ1v) is 7.36. The Morgan fingerprint density at radius 2 is 2.05 bits per heavy atom. The summed E-state index contributed by atoms with van der Waals surface area (Å²) < 4.78 is 5.97. The van der Waals surface area contributed by atoms with E-state index in [0.29, 0.717) is 5.92 Å². The average Bonchev–Trinajstić information content (AvgIpc) is 2.69. The van der Waals surface area contributed by atoms with Crippen LogP contribution in [0.5, 0.6) is 0 Å². The summed E-state index contributed by atoms with van der Waals surface area (Å²) in [5, 5.41) is 9.00. The summed E-state index contributed by atoms with van der Waals surface area (Å²) in [6.45, 7) is 1.14. The van der Waals surface area contributed by atoms with Crippen molar-refractivity contribution >= 4 is 6.08 Å². The number of rotatable bonds is 5. The number of hydrogen-bond donors (Lipinski definition) is 1. The molecule has 2 heteroatoms. The van der Waals surface area contributed by atoms with E-state index in [1.807, 2.05) is 6.07 Å². The Morgan fingerprint density at radius 1 is 1.21 bits per heavy atom. The van der Waals surface area contributed by atoms with E-state index in [9.17, 15) is 0 Å². The molecule has 2 atom stereocenters. The van der Waals surface area contributed by atoms with E-state index in [1.165, 1.54) is 18.4 Å². The van der Waals surface area contributed by atoms with Crippen LogP contribution in [-0.4, -0.2) is 24.4 Å². The van der Waals surface area contributed by atoms with E-state index < -0.39 is 0 Å². The Kier molecular flexibility index (Phi) is 6.12. The molecular formula is C17H24O2. The van der Waals surface area contributed by atoms with Gasteiger partial charge in [-0.3, -0.25) is 0 Å². The van der Waals surface area contributed by atoms with Gasteiger partial charge in [0.15, 0.2) is 0 Å². The van der Waals surface area contributed by atoms with Crippen molar-refractivity contribution in [1.29, 1.82) is 0 Å². The molecule has 0 radical (unpaired) electrons. The molecule has 1 heterocycles. The second-order valence-corrected chi connectivity index (χ2v) is 5.23. The zero-order valence-electron chi connectivity index (χ0n) is 11.5. The highest BCUT2D eigenvalue weighted by Crippen LogP contribution is 2.26. The molecule has 1 aromatic rings. The van der Waals surface area contributed by atoms with Crippen LogP contribution < -0.4 is 0 Å². The Balaban J connectivity index is 1.99. The van der Waals surface area contributed by atoms with E-state index in [1.54, 1.807) is 0 Å². The fraction of sp³-hybridized carbons (Fsp3) is 0.529. The van der Waals surface area contributed by atoms with E-state index in [-0.39, 0.29) is 12.7 Å². The van der Waals surface area contributed by atoms with Gasteiger partial charge in [0, 0.05) is 13.2 Å². The highest BCUT2D eigenvalue weighted by atomic mass is 16.5. The minimum atomic E-state index is 0.203. The summed E-state index contributed by atoms with van der Waals surface area (Å²) in [7, 11) is 0. The molecule has 1 fully saturated rings. The first-order chi connectivity index (χ1) is 9.40. The third-order valence-electron chi connectivity index (χ3n) is 3.76. The van der Waals surface area contributed by atoms with Crippen molar-refractivity contribution in [2.75, 3.05) is 13.2 Å². The van der Waals surface area contributed by atoms with Gasteiger partial charge in [0.05, 0.1) is 6.10 Å². The highest BCUT2D eigenvalue weighted by Gasteiger charge is 2.21. The van der Waals surface area contributed by atoms with Gasteiger partial charge in [-0.25, -0.2) is 0 Å². The number of hydrogen-bond acceptors (Lipinski definition) is 2. The van der Waals surface area contributed by atoms with Crippen molar-refractivity contribution in [3.8, 4) is 0 Å². The molecule has 1 N–H and O–H groups in total. The summed E-state index contributed by atoms with van der Waals surface area (Å²) in [6.07, 6.45) is 10.1. The van der Waals surface area contributed by atoms with Crippen LogP contribution in [0.2, 0.25) is 0 Å². The summed E-state index contributed by atoms with van der Waals surface area (Å²) in [5.74, 6) is 0.551. The Morgan fingerprint density at radius 3 is 2.84 bits per heavy atom. The van der Waals surface area contributed by atoms with Crippen LogP contribution in [0.4, 0.5) is 0 Å². The molecule has 2 rings (SSSR count). The second kappa shape index (κ2) is 8.13. The third kappa shape index (κ3) is 4.81. The molecule has 1 saturated heterocycles. The van der Waals surface area contributed by atoms with E-state index in [4.69, 9.17) is 9.84 Å². The summed E-state index contributed by atoms with van der Waals surface area (Å²) in [5.41, 5.74) is 1.22. The minimum absolute atomic E-state index is 0.203. The lowest BCUT2D eigenvalue weighted by atomic mass is 9.91. The lowest BCUT2D eigenvalue weighted by molar-refractivity contribution is 0.0546. The van der Waals surface area contributed by atoms with Crippen LogP contribution in [0.1, 0.15) is 37.7 Å². The fourth-order valence-corrected chi connectivity index (χ4v) is 2.67. The molecule has 1 aromatic carbocycles. The van der Waals surface area contributed by atoms with Crippen LogP contribution in [0.3, 0.4) is 0 Å². The van der Waals surface area contributed by atoms with Gasteiger partial charge in [0.25, 0.3) is 0 Å². The first kappa shape index (κ1) is 14.3. The number of benzene rings is 1. The van der Waals surface area contributed by atoms with Crippen LogP contribution in [0, 0.1) is 5.92 Å². The maximum atomic E-state index is 9.00. The van der Waals surface area contributed by atoms with Crippen molar-refractivity contribution in [3.63, 3.8) is 0 Å². The molecule has 0 amide bonds. The molecule has 0 saturated carbocycles. The summed E-state index contributed by atoms with van der Waals surface area (Å²) >= 11 is 0. The van der Waals surface area contributed by atoms with Gasteiger partial charge >= 0.3 is 0 Å². The molecule has 104 valence electrons. The van der Waals surface area contributed by atoms with Crippen molar-refractivity contribution < 1.29 is 9.84 Å². The van der Waals surface area contributed by atoms with Crippen molar-refractivity contribution in [2.45, 2.75) is 38.2 Å². The van der Waals surface area contributed by atoms with Gasteiger partial charge in [-0.1, -0.05) is 48.9 Å². The van der Waals surface area contributed by atoms with Gasteiger partial charge < -0.3 is 9.84 Å². The number of aliphatic hydroxyl groups is 1. The van der Waals surface area contributed by atoms with Crippen molar-refractivity contribution in [3.05, 3.63) is 42.0 Å². The van der Waals surface area contributed by atoms with Crippen molar-refractivity contribution in [2.24, 2.45) is 5.92 Å². The Labute approximate surface area is 116 Å². The molecule has 2 nitrogen and oxygen atoms in total. The number of aliphatic hydroxyl groups excluding tert-OH is 1. The largest absolute Gasteiger partial charge is 0.396 e. The van der Waals surface area contributed by atoms with Crippen molar-refractivity contribution in [1.82, 2.24) is 0 Å². The molecule has 0 aromatic heterocycles. The highest BCUT2D eigenvalue weighted by molar-refractivity contribution is 5.49. The molecule has 1 aliphatic rings. The molecule has 0 bridgehead atoms. The first-order valence-electron chi connectivity index (χ1n) is 7.36. The monoisotopic (exact) mass is 260 g/mol. The molecule has 19 heavy (non-hydrogen) atoms. The van der Waals surface area contributed by atoms with E-state index in [2.05, 4.69) is 36.4 Å². The van der Waals surface area contributed by atoms with Crippen LogP contribution >= 0.6 is 0 Å². The van der Waals surface area contributed by atoms with Gasteiger partial charge in [-0.05, 0) is 37.2 Å². The average molecular weight is 260 g/mol. The predicted molar refractivity (Wildman–Crippen MR) is 78.9 cm³/mol. The SMILES string of the molecule is OCCCC1CCCCOC1C=Cc1ccccc1.